The van der Waals surface area contributed by atoms with E-state index in [1.165, 1.54) is 17.2 Å². The predicted molar refractivity (Wildman–Crippen MR) is 55.0 cm³/mol. The molecule has 3 heterocycles. The maximum atomic E-state index is 11.8. The van der Waals surface area contributed by atoms with Crippen LogP contribution < -0.4 is 11.4 Å². The third-order valence-corrected chi connectivity index (χ3v) is 3.52. The van der Waals surface area contributed by atoms with E-state index in [2.05, 4.69) is 6.08 Å². The normalized spacial score (nSPS) is 27.7. The lowest BCUT2D eigenvalue weighted by Gasteiger charge is -2.36. The van der Waals surface area contributed by atoms with Crippen LogP contribution in [0.3, 0.4) is 0 Å². The molecule has 80 valence electrons. The van der Waals surface area contributed by atoms with Crippen molar-refractivity contribution in [3.63, 3.8) is 0 Å². The van der Waals surface area contributed by atoms with Crippen molar-refractivity contribution in [2.75, 3.05) is 0 Å². The number of hydrogen-bond acceptors (Lipinski definition) is 2. The highest BCUT2D eigenvalue weighted by Crippen LogP contribution is 2.37. The quantitative estimate of drug-likeness (QED) is 0.570. The van der Waals surface area contributed by atoms with E-state index in [4.69, 9.17) is 0 Å². The molecule has 0 saturated carbocycles. The molecule has 0 radical (unpaired) electrons. The third-order valence-electron chi connectivity index (χ3n) is 3.52. The number of aromatic nitrogens is 3. The Morgan fingerprint density at radius 3 is 2.53 bits per heavy atom. The zero-order valence-corrected chi connectivity index (χ0v) is 8.80. The number of nitrogens with zero attached hydrogens (tertiary/aromatic N) is 3. The summed E-state index contributed by atoms with van der Waals surface area (Å²) < 4.78 is 4.41. The van der Waals surface area contributed by atoms with Gasteiger partial charge in [0.1, 0.15) is 0 Å². The second-order valence-electron chi connectivity index (χ2n) is 4.38. The van der Waals surface area contributed by atoms with Gasteiger partial charge in [0.15, 0.2) is 0 Å². The summed E-state index contributed by atoms with van der Waals surface area (Å²) in [5, 5.41) is 0. The van der Waals surface area contributed by atoms with Crippen LogP contribution in [0.25, 0.3) is 0 Å². The first kappa shape index (κ1) is 8.76. The molecule has 5 heteroatoms. The van der Waals surface area contributed by atoms with Crippen molar-refractivity contribution >= 4 is 0 Å². The summed E-state index contributed by atoms with van der Waals surface area (Å²) >= 11 is 0. The van der Waals surface area contributed by atoms with Crippen molar-refractivity contribution in [1.82, 2.24) is 13.9 Å². The molecule has 4 rings (SSSR count). The lowest BCUT2D eigenvalue weighted by molar-refractivity contribution is 0.245. The molecule has 2 aliphatic heterocycles. The first-order valence-corrected chi connectivity index (χ1v) is 5.19. The monoisotopic (exact) mass is 207 g/mol. The highest BCUT2D eigenvalue weighted by Gasteiger charge is 2.35. The number of rotatable bonds is 0. The van der Waals surface area contributed by atoms with E-state index in [0.29, 0.717) is 0 Å². The summed E-state index contributed by atoms with van der Waals surface area (Å²) in [5.41, 5.74) is 0.819. The van der Waals surface area contributed by atoms with Crippen LogP contribution in [0.4, 0.5) is 0 Å². The SMILES string of the molecule is CC1=C[C@H]2CC[C@@H]1n1c(=O)n(C)c(=O)n12. The molecule has 5 nitrogen and oxygen atoms in total. The van der Waals surface area contributed by atoms with Crippen LogP contribution in [-0.4, -0.2) is 13.9 Å². The van der Waals surface area contributed by atoms with Crippen molar-refractivity contribution in [3.05, 3.63) is 32.6 Å². The fourth-order valence-corrected chi connectivity index (χ4v) is 2.72. The first-order valence-electron chi connectivity index (χ1n) is 5.19. The zero-order chi connectivity index (χ0) is 10.7. The lowest BCUT2D eigenvalue weighted by atomic mass is 9.90. The molecule has 2 atom stereocenters. The van der Waals surface area contributed by atoms with Gasteiger partial charge < -0.3 is 0 Å². The van der Waals surface area contributed by atoms with Crippen molar-refractivity contribution in [2.24, 2.45) is 7.05 Å². The van der Waals surface area contributed by atoms with E-state index in [0.717, 1.165) is 12.8 Å². The Morgan fingerprint density at radius 2 is 1.87 bits per heavy atom. The highest BCUT2D eigenvalue weighted by atomic mass is 16.2. The van der Waals surface area contributed by atoms with E-state index in [9.17, 15) is 9.59 Å². The summed E-state index contributed by atoms with van der Waals surface area (Å²) in [6.45, 7) is 2.03. The molecule has 3 aliphatic rings. The van der Waals surface area contributed by atoms with Gasteiger partial charge in [0.05, 0.1) is 12.1 Å². The summed E-state index contributed by atoms with van der Waals surface area (Å²) in [4.78, 5) is 23.7. The van der Waals surface area contributed by atoms with Crippen molar-refractivity contribution in [2.45, 2.75) is 31.8 Å². The fraction of sp³-hybridized carbons (Fsp3) is 0.600. The lowest BCUT2D eigenvalue weighted by Crippen LogP contribution is -2.40. The summed E-state index contributed by atoms with van der Waals surface area (Å²) in [7, 11) is 1.54. The molecule has 0 N–H and O–H groups in total. The van der Waals surface area contributed by atoms with Crippen LogP contribution in [0.2, 0.25) is 0 Å². The fourth-order valence-electron chi connectivity index (χ4n) is 2.72. The van der Waals surface area contributed by atoms with Gasteiger partial charge in [-0.05, 0) is 19.8 Å². The Balaban J connectivity index is 2.41. The van der Waals surface area contributed by atoms with Crippen LogP contribution in [0.1, 0.15) is 31.8 Å². The van der Waals surface area contributed by atoms with E-state index < -0.39 is 0 Å². The van der Waals surface area contributed by atoms with Gasteiger partial charge in [0.2, 0.25) is 0 Å². The average molecular weight is 207 g/mol. The molecule has 0 spiro atoms. The Hall–Kier alpha value is -1.52. The van der Waals surface area contributed by atoms with Gasteiger partial charge in [-0.1, -0.05) is 11.6 Å². The van der Waals surface area contributed by atoms with Gasteiger partial charge in [0.25, 0.3) is 0 Å². The van der Waals surface area contributed by atoms with Gasteiger partial charge in [-0.3, -0.25) is 0 Å². The second kappa shape index (κ2) is 2.53. The molecular weight excluding hydrogens is 194 g/mol. The summed E-state index contributed by atoms with van der Waals surface area (Å²) in [6, 6.07) is 0.174. The van der Waals surface area contributed by atoms with E-state index >= 15 is 0 Å². The minimum atomic E-state index is -0.196. The highest BCUT2D eigenvalue weighted by molar-refractivity contribution is 5.17. The third kappa shape index (κ3) is 0.879. The molecule has 0 saturated heterocycles. The van der Waals surface area contributed by atoms with Gasteiger partial charge in [-0.2, -0.15) is 0 Å². The van der Waals surface area contributed by atoms with Gasteiger partial charge in [-0.25, -0.2) is 23.5 Å². The van der Waals surface area contributed by atoms with Crippen molar-refractivity contribution in [3.8, 4) is 0 Å². The average Bonchev–Trinajstić information content (AvgIpc) is 2.46. The second-order valence-corrected chi connectivity index (χ2v) is 4.38. The standard InChI is InChI=1S/C10H13N3O2/c1-6-5-7-3-4-8(6)13-10(15)11(2)9(14)12(7)13/h5,7-8H,3-4H2,1-2H3/t7-,8+/m1/s1. The van der Waals surface area contributed by atoms with Crippen LogP contribution in [0, 0.1) is 0 Å². The topological polar surface area (TPSA) is 48.9 Å². The van der Waals surface area contributed by atoms with Gasteiger partial charge in [0, 0.05) is 7.05 Å². The maximum absolute atomic E-state index is 11.8. The maximum Gasteiger partial charge on any atom is 0.347 e. The molecular formula is C10H13N3O2. The number of allylic oxidation sites excluding steroid dienone is 2. The van der Waals surface area contributed by atoms with Crippen molar-refractivity contribution in [1.29, 1.82) is 0 Å². The summed E-state index contributed by atoms with van der Waals surface area (Å²) in [5.74, 6) is 0. The van der Waals surface area contributed by atoms with E-state index in [-0.39, 0.29) is 23.5 Å². The van der Waals surface area contributed by atoms with Gasteiger partial charge >= 0.3 is 11.4 Å². The number of hydrogen-bond donors (Lipinski definition) is 0. The molecule has 15 heavy (non-hydrogen) atoms. The zero-order valence-electron chi connectivity index (χ0n) is 8.80. The summed E-state index contributed by atoms with van der Waals surface area (Å²) in [6.07, 6.45) is 4.04. The molecule has 0 amide bonds. The molecule has 2 bridgehead atoms. The van der Waals surface area contributed by atoms with Gasteiger partial charge in [-0.15, -0.1) is 0 Å². The van der Waals surface area contributed by atoms with Crippen molar-refractivity contribution < 1.29 is 0 Å². The molecule has 1 aromatic heterocycles. The predicted octanol–water partition coefficient (Wildman–Crippen LogP) is 0.184. The Kier molecular flexibility index (Phi) is 1.48. The minimum Gasteiger partial charge on any atom is -0.246 e. The molecule has 0 fully saturated rings. The smallest absolute Gasteiger partial charge is 0.246 e. The Morgan fingerprint density at radius 1 is 1.20 bits per heavy atom. The van der Waals surface area contributed by atoms with E-state index in [1.807, 2.05) is 6.92 Å². The van der Waals surface area contributed by atoms with E-state index in [1.54, 1.807) is 9.36 Å². The number of fused-ring (bicyclic) bond motifs is 1. The molecule has 1 aromatic rings. The van der Waals surface area contributed by atoms with Crippen LogP contribution in [-0.2, 0) is 7.05 Å². The largest absolute Gasteiger partial charge is 0.347 e. The van der Waals surface area contributed by atoms with Crippen LogP contribution >= 0.6 is 0 Å². The minimum absolute atomic E-state index is 0.0800. The molecule has 0 aromatic carbocycles. The Bertz CT molecular complexity index is 572. The van der Waals surface area contributed by atoms with Crippen LogP contribution in [0.15, 0.2) is 21.2 Å². The molecule has 0 unspecified atom stereocenters. The first-order chi connectivity index (χ1) is 7.11. The Labute approximate surface area is 86.2 Å². The van der Waals surface area contributed by atoms with Crippen LogP contribution in [0.5, 0.6) is 0 Å². The molecule has 1 aliphatic carbocycles.